The van der Waals surface area contributed by atoms with Gasteiger partial charge in [-0.1, -0.05) is 0 Å². The summed E-state index contributed by atoms with van der Waals surface area (Å²) in [6, 6.07) is 0. The predicted octanol–water partition coefficient (Wildman–Crippen LogP) is -3.41. The van der Waals surface area contributed by atoms with Crippen molar-refractivity contribution in [3.8, 4) is 0 Å². The van der Waals surface area contributed by atoms with Crippen molar-refractivity contribution in [3.63, 3.8) is 0 Å². The molecular weight excluding hydrogens is 199 g/mol. The second-order valence-corrected chi connectivity index (χ2v) is 5.27. The Balaban J connectivity index is 0.000001000. The Morgan fingerprint density at radius 3 is 1.27 bits per heavy atom. The maximum absolute atomic E-state index is 11.8. The van der Waals surface area contributed by atoms with E-state index in [1.807, 2.05) is 4.13 Å². The van der Waals surface area contributed by atoms with Gasteiger partial charge in [0.25, 0.3) is 0 Å². The normalized spacial score (nSPS) is 29.6. The third kappa shape index (κ3) is 1.21. The first-order valence-corrected chi connectivity index (χ1v) is 4.70. The van der Waals surface area contributed by atoms with Gasteiger partial charge in [-0.2, -0.15) is 8.78 Å². The minimum atomic E-state index is -5.06. The molecule has 10 heteroatoms. The van der Waals surface area contributed by atoms with Crippen LogP contribution in [0, 0.1) is 0 Å². The summed E-state index contributed by atoms with van der Waals surface area (Å²) >= 11 is 0. The van der Waals surface area contributed by atoms with Crippen LogP contribution < -0.4 is 18.9 Å². The van der Waals surface area contributed by atoms with Crippen molar-refractivity contribution in [1.29, 1.82) is 0 Å². The summed E-state index contributed by atoms with van der Waals surface area (Å²) in [7, 11) is -10.1. The molecule has 0 N–H and O–H groups in total. The monoisotopic (exact) mass is 199 g/mol. The second-order valence-electron chi connectivity index (χ2n) is 1.49. The zero-order valence-electron chi connectivity index (χ0n) is 5.15. The predicted molar refractivity (Wildman–Crippen MR) is 26.1 cm³/mol. The first kappa shape index (κ1) is 11.3. The summed E-state index contributed by atoms with van der Waals surface area (Å²) in [6.07, 6.45) is 0. The van der Waals surface area contributed by atoms with Crippen molar-refractivity contribution >= 4 is 20.0 Å². The molecule has 1 heterocycles. The largest absolute Gasteiger partial charge is 1.00 e. The van der Waals surface area contributed by atoms with Gasteiger partial charge in [-0.05, 0) is 0 Å². The Hall–Kier alpha value is 0.317. The van der Waals surface area contributed by atoms with Crippen LogP contribution in [0.4, 0.5) is 8.78 Å². The third-order valence-electron chi connectivity index (χ3n) is 0.797. The Morgan fingerprint density at radius 2 is 1.27 bits per heavy atom. The fourth-order valence-electron chi connectivity index (χ4n) is 0.321. The maximum atomic E-state index is 11.8. The van der Waals surface area contributed by atoms with E-state index < -0.39 is 24.6 Å². The van der Waals surface area contributed by atoms with Gasteiger partial charge in [-0.3, -0.25) is 0 Å². The molecule has 11 heavy (non-hydrogen) atoms. The fraction of sp³-hybridized carbons (Fsp3) is 1.00. The first-order valence-electron chi connectivity index (χ1n) is 1.82. The van der Waals surface area contributed by atoms with E-state index in [9.17, 15) is 25.6 Å². The smallest absolute Gasteiger partial charge is 0.424 e. The molecule has 0 aromatic carbocycles. The van der Waals surface area contributed by atoms with Gasteiger partial charge in [0.05, 0.1) is 0 Å². The van der Waals surface area contributed by atoms with Crippen LogP contribution in [-0.4, -0.2) is 21.4 Å². The van der Waals surface area contributed by atoms with Crippen LogP contribution in [0.1, 0.15) is 0 Å². The van der Waals surface area contributed by atoms with E-state index in [4.69, 9.17) is 0 Å². The van der Waals surface area contributed by atoms with E-state index in [1.54, 1.807) is 0 Å². The van der Waals surface area contributed by atoms with Crippen molar-refractivity contribution in [2.75, 3.05) is 0 Å². The molecule has 0 atom stereocenters. The molecule has 60 valence electrons. The van der Waals surface area contributed by atoms with Crippen molar-refractivity contribution in [2.45, 2.75) is 4.59 Å². The average Bonchev–Trinajstić information content (AvgIpc) is 1.61. The molecule has 0 spiro atoms. The fourth-order valence-corrected chi connectivity index (χ4v) is 2.89. The molecular formula is CF2LiNO4S2. The Labute approximate surface area is 73.4 Å². The van der Waals surface area contributed by atoms with Gasteiger partial charge in [0, 0.05) is 0 Å². The SMILES string of the molecule is O=S1(=O)[N-]S(=O)(=O)C1(F)F.[Li+]. The van der Waals surface area contributed by atoms with Gasteiger partial charge >= 0.3 is 23.4 Å². The zero-order valence-corrected chi connectivity index (χ0v) is 6.79. The van der Waals surface area contributed by atoms with E-state index in [0.717, 1.165) is 0 Å². The molecule has 1 aliphatic heterocycles. The molecule has 1 rings (SSSR count). The van der Waals surface area contributed by atoms with E-state index in [2.05, 4.69) is 0 Å². The van der Waals surface area contributed by atoms with Crippen molar-refractivity contribution in [2.24, 2.45) is 0 Å². The molecule has 0 saturated carbocycles. The quantitative estimate of drug-likeness (QED) is 0.380. The molecule has 1 saturated heterocycles. The van der Waals surface area contributed by atoms with Gasteiger partial charge in [0.1, 0.15) is 0 Å². The molecule has 5 nitrogen and oxygen atoms in total. The molecule has 0 aromatic heterocycles. The minimum absolute atomic E-state index is 0. The summed E-state index contributed by atoms with van der Waals surface area (Å²) in [4.78, 5) is 0. The van der Waals surface area contributed by atoms with Crippen LogP contribution in [-0.2, 0) is 20.0 Å². The molecule has 0 bridgehead atoms. The second kappa shape index (κ2) is 2.40. The van der Waals surface area contributed by atoms with Gasteiger partial charge < -0.3 is 4.13 Å². The van der Waals surface area contributed by atoms with Crippen molar-refractivity contribution in [3.05, 3.63) is 4.13 Å². The average molecular weight is 199 g/mol. The minimum Gasteiger partial charge on any atom is -0.424 e. The molecule has 0 amide bonds. The van der Waals surface area contributed by atoms with Crippen LogP contribution in [0.25, 0.3) is 4.13 Å². The van der Waals surface area contributed by atoms with Crippen LogP contribution in [0.15, 0.2) is 0 Å². The van der Waals surface area contributed by atoms with Crippen LogP contribution in [0.2, 0.25) is 0 Å². The summed E-state index contributed by atoms with van der Waals surface area (Å²) < 4.78 is 60.2. The number of sulfonamides is 2. The number of hydrogen-bond donors (Lipinski definition) is 0. The molecule has 0 aliphatic carbocycles. The molecule has 1 fully saturated rings. The van der Waals surface area contributed by atoms with Gasteiger partial charge in [0.15, 0.2) is 20.0 Å². The summed E-state index contributed by atoms with van der Waals surface area (Å²) in [6.45, 7) is 0. The number of rotatable bonds is 0. The number of alkyl halides is 2. The van der Waals surface area contributed by atoms with Gasteiger partial charge in [0.2, 0.25) is 0 Å². The Morgan fingerprint density at radius 1 is 1.00 bits per heavy atom. The van der Waals surface area contributed by atoms with Crippen LogP contribution >= 0.6 is 0 Å². The first-order chi connectivity index (χ1) is 4.21. The maximum Gasteiger partial charge on any atom is 1.00 e. The summed E-state index contributed by atoms with van der Waals surface area (Å²) in [5.74, 6) is 0. The molecule has 1 aliphatic rings. The molecule has 0 unspecified atom stereocenters. The Kier molecular flexibility index (Phi) is 2.47. The van der Waals surface area contributed by atoms with E-state index in [1.165, 1.54) is 0 Å². The molecule has 0 aromatic rings. The van der Waals surface area contributed by atoms with Crippen molar-refractivity contribution in [1.82, 2.24) is 0 Å². The topological polar surface area (TPSA) is 82.4 Å². The van der Waals surface area contributed by atoms with Crippen LogP contribution in [0.5, 0.6) is 0 Å². The van der Waals surface area contributed by atoms with Gasteiger partial charge in [-0.15, -0.1) is 0 Å². The third-order valence-corrected chi connectivity index (χ3v) is 4.83. The molecule has 0 radical (unpaired) electrons. The van der Waals surface area contributed by atoms with E-state index >= 15 is 0 Å². The van der Waals surface area contributed by atoms with Gasteiger partial charge in [-0.25, -0.2) is 16.8 Å². The Bertz CT molecular complexity index is 322. The van der Waals surface area contributed by atoms with E-state index in [-0.39, 0.29) is 18.9 Å². The number of halogens is 2. The summed E-state index contributed by atoms with van der Waals surface area (Å²) in [5, 5.41) is 0. The number of nitrogens with zero attached hydrogens (tertiary/aromatic N) is 1. The van der Waals surface area contributed by atoms with Crippen LogP contribution in [0.3, 0.4) is 0 Å². The summed E-state index contributed by atoms with van der Waals surface area (Å²) in [5.41, 5.74) is 0. The standard InChI is InChI=1S/CF2NO4S2.Li/c2-1(3)9(5,6)4-10(1,7)8;/q-1;+1. The number of hydrogen-bond acceptors (Lipinski definition) is 4. The zero-order chi connectivity index (χ0) is 8.21. The van der Waals surface area contributed by atoms with Crippen molar-refractivity contribution < 1.29 is 44.5 Å². The van der Waals surface area contributed by atoms with E-state index in [0.29, 0.717) is 0 Å².